The van der Waals surface area contributed by atoms with Gasteiger partial charge < -0.3 is 9.88 Å². The third kappa shape index (κ3) is 3.81. The van der Waals surface area contributed by atoms with E-state index in [4.69, 9.17) is 4.98 Å². The van der Waals surface area contributed by atoms with E-state index in [1.165, 1.54) is 17.5 Å². The summed E-state index contributed by atoms with van der Waals surface area (Å²) in [6.07, 6.45) is 14.2. The molecule has 180 valence electrons. The highest BCUT2D eigenvalue weighted by Gasteiger charge is 2.42. The van der Waals surface area contributed by atoms with Gasteiger partial charge in [-0.1, -0.05) is 11.3 Å². The quantitative estimate of drug-likeness (QED) is 0.359. The highest BCUT2D eigenvalue weighted by Crippen LogP contribution is 2.44. The highest BCUT2D eigenvalue weighted by atomic mass is 15.4. The Hall–Kier alpha value is -3.21. The van der Waals surface area contributed by atoms with Crippen LogP contribution in [0.1, 0.15) is 54.6 Å². The minimum atomic E-state index is 0.114. The molecule has 3 N–H and O–H groups in total. The molecule has 10 nitrogen and oxygen atoms in total. The normalized spacial score (nSPS) is 27.0. The minimum Gasteiger partial charge on any atom is -0.339 e. The van der Waals surface area contributed by atoms with Crippen molar-refractivity contribution in [3.05, 3.63) is 54.0 Å². The maximum Gasteiger partial charge on any atom is 0.126 e. The molecule has 4 atom stereocenters. The van der Waals surface area contributed by atoms with Crippen LogP contribution in [0.15, 0.2) is 37.1 Å². The standard InChI is InChI=1S/C25H30N10/c1-34-5-2-6-35-14-22(31-33-35)19-11-27-12-21-23(19)29-25(28-21)24-18-8-16(3-4-20(18)30-32-24)17-7-15(13-34)9-26-10-17/h7,9-12,14,16,18,20,24,30,32H,2-6,8,13H2,1H3,(H,28,29). The van der Waals surface area contributed by atoms with E-state index in [-0.39, 0.29) is 6.04 Å². The highest BCUT2D eigenvalue weighted by molar-refractivity contribution is 5.89. The molecule has 8 bridgehead atoms. The zero-order valence-electron chi connectivity index (χ0n) is 19.9. The van der Waals surface area contributed by atoms with Crippen LogP contribution in [0.4, 0.5) is 0 Å². The van der Waals surface area contributed by atoms with Gasteiger partial charge in [0.25, 0.3) is 0 Å². The molecule has 4 aromatic heterocycles. The van der Waals surface area contributed by atoms with E-state index < -0.39 is 0 Å². The molecule has 0 aromatic carbocycles. The van der Waals surface area contributed by atoms with Crippen LogP contribution in [-0.4, -0.2) is 59.5 Å². The lowest BCUT2D eigenvalue weighted by Gasteiger charge is -2.33. The number of nitrogens with one attached hydrogen (secondary N) is 3. The molecule has 1 saturated carbocycles. The van der Waals surface area contributed by atoms with E-state index in [1.807, 2.05) is 29.5 Å². The number of aromatic amines is 1. The molecule has 6 heterocycles. The average molecular weight is 471 g/mol. The molecule has 0 radical (unpaired) electrons. The van der Waals surface area contributed by atoms with Crippen LogP contribution in [0.25, 0.3) is 22.3 Å². The molecule has 0 amide bonds. The third-order valence-electron chi connectivity index (χ3n) is 7.94. The molecule has 1 aliphatic carbocycles. The van der Waals surface area contributed by atoms with Crippen LogP contribution < -0.4 is 10.9 Å². The largest absolute Gasteiger partial charge is 0.339 e. The number of nitrogens with zero attached hydrogens (tertiary/aromatic N) is 7. The maximum absolute atomic E-state index is 5.07. The smallest absolute Gasteiger partial charge is 0.126 e. The van der Waals surface area contributed by atoms with Gasteiger partial charge in [0.05, 0.1) is 24.0 Å². The summed E-state index contributed by atoms with van der Waals surface area (Å²) in [5.41, 5.74) is 13.3. The van der Waals surface area contributed by atoms with Gasteiger partial charge in [-0.25, -0.2) is 10.4 Å². The fraction of sp³-hybridized carbons (Fsp3) is 0.480. The zero-order valence-corrected chi connectivity index (χ0v) is 19.9. The molecule has 4 unspecified atom stereocenters. The van der Waals surface area contributed by atoms with E-state index >= 15 is 0 Å². The molecule has 3 aliphatic rings. The Morgan fingerprint density at radius 2 is 1.97 bits per heavy atom. The summed E-state index contributed by atoms with van der Waals surface area (Å²) in [7, 11) is 2.18. The molecular formula is C25H30N10. The van der Waals surface area contributed by atoms with Crippen molar-refractivity contribution in [1.82, 2.24) is 50.7 Å². The Kier molecular flexibility index (Phi) is 5.11. The van der Waals surface area contributed by atoms with Gasteiger partial charge in [-0.2, -0.15) is 0 Å². The number of hydrogen-bond acceptors (Lipinski definition) is 8. The first-order valence-electron chi connectivity index (χ1n) is 12.6. The van der Waals surface area contributed by atoms with Crippen molar-refractivity contribution >= 4 is 11.0 Å². The van der Waals surface area contributed by atoms with E-state index in [9.17, 15) is 0 Å². The molecule has 35 heavy (non-hydrogen) atoms. The van der Waals surface area contributed by atoms with E-state index in [2.05, 4.69) is 60.3 Å². The molecule has 7 rings (SSSR count). The number of rotatable bonds is 0. The van der Waals surface area contributed by atoms with Crippen LogP contribution in [0, 0.1) is 5.92 Å². The van der Waals surface area contributed by atoms with Crippen molar-refractivity contribution in [3.8, 4) is 11.3 Å². The molecule has 10 heteroatoms. The molecule has 0 spiro atoms. The molecule has 4 aromatic rings. The number of imidazole rings is 1. The second-order valence-corrected chi connectivity index (χ2v) is 10.3. The van der Waals surface area contributed by atoms with Gasteiger partial charge in [0.2, 0.25) is 0 Å². The van der Waals surface area contributed by atoms with E-state index in [0.717, 1.165) is 67.0 Å². The lowest BCUT2D eigenvalue weighted by molar-refractivity contribution is 0.274. The number of aryl methyl sites for hydroxylation is 1. The zero-order chi connectivity index (χ0) is 23.4. The Balaban J connectivity index is 1.30. The summed E-state index contributed by atoms with van der Waals surface area (Å²) in [6.45, 7) is 2.69. The van der Waals surface area contributed by atoms with Gasteiger partial charge >= 0.3 is 0 Å². The number of hydrogen-bond donors (Lipinski definition) is 3. The summed E-state index contributed by atoms with van der Waals surface area (Å²) in [4.78, 5) is 20.1. The van der Waals surface area contributed by atoms with Gasteiger partial charge in [-0.15, -0.1) is 5.10 Å². The van der Waals surface area contributed by atoms with Crippen LogP contribution in [0.3, 0.4) is 0 Å². The van der Waals surface area contributed by atoms with Crippen molar-refractivity contribution in [1.29, 1.82) is 0 Å². The Morgan fingerprint density at radius 1 is 1.03 bits per heavy atom. The van der Waals surface area contributed by atoms with Crippen LogP contribution in [0.5, 0.6) is 0 Å². The van der Waals surface area contributed by atoms with Crippen LogP contribution >= 0.6 is 0 Å². The van der Waals surface area contributed by atoms with Gasteiger partial charge in [0, 0.05) is 43.3 Å². The molecule has 2 fully saturated rings. The summed E-state index contributed by atoms with van der Waals surface area (Å²) >= 11 is 0. The predicted octanol–water partition coefficient (Wildman–Crippen LogP) is 2.55. The molecular weight excluding hydrogens is 440 g/mol. The number of hydrazine groups is 1. The van der Waals surface area contributed by atoms with Crippen LogP contribution in [-0.2, 0) is 13.1 Å². The monoisotopic (exact) mass is 470 g/mol. The van der Waals surface area contributed by atoms with Gasteiger partial charge in [0.1, 0.15) is 17.0 Å². The maximum atomic E-state index is 5.07. The fourth-order valence-electron chi connectivity index (χ4n) is 6.16. The van der Waals surface area contributed by atoms with Gasteiger partial charge in [-0.3, -0.25) is 20.1 Å². The Bertz CT molecular complexity index is 1360. The summed E-state index contributed by atoms with van der Waals surface area (Å²) in [6, 6.07) is 2.93. The van der Waals surface area contributed by atoms with Gasteiger partial charge in [0.15, 0.2) is 0 Å². The first kappa shape index (κ1) is 21.1. The van der Waals surface area contributed by atoms with Crippen molar-refractivity contribution < 1.29 is 0 Å². The van der Waals surface area contributed by atoms with E-state index in [1.54, 1.807) is 0 Å². The number of aromatic nitrogens is 7. The lowest BCUT2D eigenvalue weighted by atomic mass is 9.73. The van der Waals surface area contributed by atoms with Crippen molar-refractivity contribution in [2.75, 3.05) is 13.6 Å². The third-order valence-corrected chi connectivity index (χ3v) is 7.94. The second-order valence-electron chi connectivity index (χ2n) is 10.3. The van der Waals surface area contributed by atoms with Gasteiger partial charge in [-0.05, 0) is 62.2 Å². The number of fused-ring (bicyclic) bond motifs is 9. The fourth-order valence-corrected chi connectivity index (χ4v) is 6.16. The first-order chi connectivity index (χ1) is 17.2. The first-order valence-corrected chi connectivity index (χ1v) is 12.6. The second kappa shape index (κ2) is 8.47. The Morgan fingerprint density at radius 3 is 2.94 bits per heavy atom. The minimum absolute atomic E-state index is 0.114. The summed E-state index contributed by atoms with van der Waals surface area (Å²) < 4.78 is 1.92. The number of pyridine rings is 2. The number of H-pyrrole nitrogens is 1. The van der Waals surface area contributed by atoms with E-state index in [0.29, 0.717) is 17.9 Å². The average Bonchev–Trinajstić information content (AvgIpc) is 3.61. The summed E-state index contributed by atoms with van der Waals surface area (Å²) in [5, 5.41) is 8.82. The lowest BCUT2D eigenvalue weighted by Crippen LogP contribution is -2.34. The van der Waals surface area contributed by atoms with Crippen LogP contribution in [0.2, 0.25) is 0 Å². The van der Waals surface area contributed by atoms with Crippen molar-refractivity contribution in [3.63, 3.8) is 0 Å². The SMILES string of the molecule is CN1CCCn2cc(nn2)-c2cncc3[nH]c(nc23)C2NNC3CCC(CC32)c2cncc(c2)C1. The summed E-state index contributed by atoms with van der Waals surface area (Å²) in [5.74, 6) is 1.91. The molecule has 1 saturated heterocycles. The predicted molar refractivity (Wildman–Crippen MR) is 131 cm³/mol. The molecule has 2 aliphatic heterocycles. The van der Waals surface area contributed by atoms with Crippen molar-refractivity contribution in [2.24, 2.45) is 5.92 Å². The Labute approximate surface area is 203 Å². The van der Waals surface area contributed by atoms with Crippen molar-refractivity contribution in [2.45, 2.75) is 56.8 Å². The topological polar surface area (TPSA) is 112 Å².